The second kappa shape index (κ2) is 4.53. The smallest absolute Gasteiger partial charge is 0.138 e. The van der Waals surface area contributed by atoms with Crippen LogP contribution in [0.5, 0.6) is 0 Å². The molecule has 0 atom stereocenters. The van der Waals surface area contributed by atoms with Crippen molar-refractivity contribution in [2.24, 2.45) is 0 Å². The van der Waals surface area contributed by atoms with Crippen LogP contribution in [0.2, 0.25) is 5.02 Å². The van der Waals surface area contributed by atoms with Crippen molar-refractivity contribution in [3.8, 4) is 11.3 Å². The Kier molecular flexibility index (Phi) is 2.94. The SMILES string of the molecule is Cc1cc2nc(-c3ccc(Cl)c(C)c3)c(C)n2cc1N. The number of hydrogen-bond acceptors (Lipinski definition) is 2. The highest BCUT2D eigenvalue weighted by molar-refractivity contribution is 6.31. The molecule has 20 heavy (non-hydrogen) atoms. The van der Waals surface area contributed by atoms with Crippen LogP contribution in [0.3, 0.4) is 0 Å². The lowest BCUT2D eigenvalue weighted by molar-refractivity contribution is 1.11. The molecule has 3 rings (SSSR count). The van der Waals surface area contributed by atoms with E-state index in [1.165, 1.54) is 0 Å². The van der Waals surface area contributed by atoms with Gasteiger partial charge in [-0.2, -0.15) is 0 Å². The lowest BCUT2D eigenvalue weighted by Gasteiger charge is -2.04. The second-order valence-corrected chi connectivity index (χ2v) is 5.56. The van der Waals surface area contributed by atoms with Gasteiger partial charge in [0, 0.05) is 22.5 Å². The maximum absolute atomic E-state index is 6.09. The minimum atomic E-state index is 0.773. The van der Waals surface area contributed by atoms with Crippen molar-refractivity contribution >= 4 is 22.9 Å². The molecule has 0 aliphatic rings. The number of aryl methyl sites for hydroxylation is 3. The number of nitrogens with zero attached hydrogens (tertiary/aromatic N) is 2. The number of hydrogen-bond donors (Lipinski definition) is 1. The summed E-state index contributed by atoms with van der Waals surface area (Å²) in [5, 5.41) is 0.773. The van der Waals surface area contributed by atoms with Gasteiger partial charge in [-0.25, -0.2) is 4.98 Å². The van der Waals surface area contributed by atoms with E-state index in [0.29, 0.717) is 0 Å². The summed E-state index contributed by atoms with van der Waals surface area (Å²) in [4.78, 5) is 4.72. The Morgan fingerprint density at radius 2 is 1.85 bits per heavy atom. The molecule has 0 radical (unpaired) electrons. The molecule has 0 aliphatic heterocycles. The zero-order valence-electron chi connectivity index (χ0n) is 11.7. The van der Waals surface area contributed by atoms with E-state index in [2.05, 4.69) is 6.07 Å². The summed E-state index contributed by atoms with van der Waals surface area (Å²) in [5.41, 5.74) is 12.9. The Morgan fingerprint density at radius 3 is 2.55 bits per heavy atom. The van der Waals surface area contributed by atoms with Gasteiger partial charge in [0.05, 0.1) is 11.4 Å². The third-order valence-corrected chi connectivity index (χ3v) is 4.10. The number of rotatable bonds is 1. The monoisotopic (exact) mass is 285 g/mol. The van der Waals surface area contributed by atoms with Gasteiger partial charge in [-0.1, -0.05) is 17.7 Å². The number of imidazole rings is 1. The Labute approximate surface area is 123 Å². The summed E-state index contributed by atoms with van der Waals surface area (Å²) in [6.45, 7) is 6.04. The van der Waals surface area contributed by atoms with Gasteiger partial charge >= 0.3 is 0 Å². The van der Waals surface area contributed by atoms with Crippen LogP contribution < -0.4 is 5.73 Å². The van der Waals surface area contributed by atoms with Crippen LogP contribution >= 0.6 is 11.6 Å². The van der Waals surface area contributed by atoms with Gasteiger partial charge < -0.3 is 10.1 Å². The van der Waals surface area contributed by atoms with Crippen molar-refractivity contribution in [3.63, 3.8) is 0 Å². The van der Waals surface area contributed by atoms with E-state index in [-0.39, 0.29) is 0 Å². The highest BCUT2D eigenvalue weighted by Gasteiger charge is 2.12. The van der Waals surface area contributed by atoms with Gasteiger partial charge in [0.1, 0.15) is 5.65 Å². The summed E-state index contributed by atoms with van der Waals surface area (Å²) >= 11 is 6.09. The highest BCUT2D eigenvalue weighted by Crippen LogP contribution is 2.28. The fourth-order valence-electron chi connectivity index (χ4n) is 2.38. The van der Waals surface area contributed by atoms with E-state index < -0.39 is 0 Å². The molecule has 0 spiro atoms. The van der Waals surface area contributed by atoms with Gasteiger partial charge in [0.2, 0.25) is 0 Å². The number of fused-ring (bicyclic) bond motifs is 1. The second-order valence-electron chi connectivity index (χ2n) is 5.15. The van der Waals surface area contributed by atoms with E-state index in [4.69, 9.17) is 22.3 Å². The van der Waals surface area contributed by atoms with Crippen LogP contribution in [0.25, 0.3) is 16.9 Å². The first-order valence-corrected chi connectivity index (χ1v) is 6.86. The van der Waals surface area contributed by atoms with Crippen molar-refractivity contribution in [1.29, 1.82) is 0 Å². The number of aromatic nitrogens is 2. The molecule has 0 amide bonds. The number of pyridine rings is 1. The van der Waals surface area contributed by atoms with Crippen LogP contribution in [0.4, 0.5) is 5.69 Å². The summed E-state index contributed by atoms with van der Waals surface area (Å²) < 4.78 is 2.03. The molecule has 2 aromatic heterocycles. The number of halogens is 1. The Morgan fingerprint density at radius 1 is 1.10 bits per heavy atom. The van der Waals surface area contributed by atoms with Crippen LogP contribution in [0, 0.1) is 20.8 Å². The number of benzene rings is 1. The van der Waals surface area contributed by atoms with Crippen LogP contribution in [-0.2, 0) is 0 Å². The number of nitrogens with two attached hydrogens (primary N) is 1. The fraction of sp³-hybridized carbons (Fsp3) is 0.188. The van der Waals surface area contributed by atoms with Crippen molar-refractivity contribution in [1.82, 2.24) is 9.38 Å². The van der Waals surface area contributed by atoms with Gasteiger partial charge in [-0.3, -0.25) is 0 Å². The van der Waals surface area contributed by atoms with Gasteiger partial charge in [-0.05, 0) is 50.1 Å². The molecular weight excluding hydrogens is 270 g/mol. The predicted molar refractivity (Wildman–Crippen MR) is 84.3 cm³/mol. The normalized spacial score (nSPS) is 11.2. The van der Waals surface area contributed by atoms with Crippen molar-refractivity contribution in [2.45, 2.75) is 20.8 Å². The summed E-state index contributed by atoms with van der Waals surface area (Å²) in [5.74, 6) is 0. The zero-order valence-corrected chi connectivity index (χ0v) is 12.5. The van der Waals surface area contributed by atoms with Crippen LogP contribution in [-0.4, -0.2) is 9.38 Å². The standard InChI is InChI=1S/C16H16ClN3/c1-9-6-12(4-5-13(9)17)16-11(3)20-8-14(18)10(2)7-15(20)19-16/h4-8H,18H2,1-3H3. The average Bonchev–Trinajstić information content (AvgIpc) is 2.71. The molecule has 0 saturated heterocycles. The fourth-order valence-corrected chi connectivity index (χ4v) is 2.50. The molecule has 0 saturated carbocycles. The van der Waals surface area contributed by atoms with E-state index in [1.54, 1.807) is 0 Å². The minimum absolute atomic E-state index is 0.773. The molecule has 0 unspecified atom stereocenters. The quantitative estimate of drug-likeness (QED) is 0.729. The molecule has 4 heteroatoms. The van der Waals surface area contributed by atoms with Crippen molar-refractivity contribution in [3.05, 3.63) is 52.3 Å². The van der Waals surface area contributed by atoms with Crippen LogP contribution in [0.15, 0.2) is 30.5 Å². The molecular formula is C16H16ClN3. The number of nitrogen functional groups attached to an aromatic ring is 1. The summed E-state index contributed by atoms with van der Waals surface area (Å²) in [6.07, 6.45) is 1.93. The maximum atomic E-state index is 6.09. The molecule has 3 nitrogen and oxygen atoms in total. The molecule has 0 fully saturated rings. The lowest BCUT2D eigenvalue weighted by Crippen LogP contribution is -1.95. The van der Waals surface area contributed by atoms with Gasteiger partial charge in [-0.15, -0.1) is 0 Å². The lowest BCUT2D eigenvalue weighted by atomic mass is 10.1. The van der Waals surface area contributed by atoms with Crippen molar-refractivity contribution in [2.75, 3.05) is 5.73 Å². The molecule has 2 heterocycles. The molecule has 0 aliphatic carbocycles. The molecule has 3 aromatic rings. The summed E-state index contributed by atoms with van der Waals surface area (Å²) in [6, 6.07) is 7.98. The third-order valence-electron chi connectivity index (χ3n) is 3.68. The maximum Gasteiger partial charge on any atom is 0.138 e. The van der Waals surface area contributed by atoms with E-state index in [1.807, 2.05) is 49.6 Å². The molecule has 102 valence electrons. The molecule has 1 aromatic carbocycles. The average molecular weight is 286 g/mol. The predicted octanol–water partition coefficient (Wildman–Crippen LogP) is 4.16. The Bertz CT molecular complexity index is 818. The first kappa shape index (κ1) is 13.0. The first-order valence-electron chi connectivity index (χ1n) is 6.48. The van der Waals surface area contributed by atoms with E-state index in [0.717, 1.165) is 44.4 Å². The largest absolute Gasteiger partial charge is 0.397 e. The van der Waals surface area contributed by atoms with Gasteiger partial charge in [0.15, 0.2) is 0 Å². The highest BCUT2D eigenvalue weighted by atomic mass is 35.5. The van der Waals surface area contributed by atoms with Crippen LogP contribution in [0.1, 0.15) is 16.8 Å². The van der Waals surface area contributed by atoms with E-state index in [9.17, 15) is 0 Å². The molecule has 2 N–H and O–H groups in total. The van der Waals surface area contributed by atoms with E-state index >= 15 is 0 Å². The number of anilines is 1. The zero-order chi connectivity index (χ0) is 14.4. The Hall–Kier alpha value is -2.00. The molecule has 0 bridgehead atoms. The Balaban J connectivity index is 2.26. The third kappa shape index (κ3) is 1.95. The first-order chi connectivity index (χ1) is 9.47. The minimum Gasteiger partial charge on any atom is -0.397 e. The van der Waals surface area contributed by atoms with Gasteiger partial charge in [0.25, 0.3) is 0 Å². The van der Waals surface area contributed by atoms with Crippen molar-refractivity contribution < 1.29 is 0 Å². The summed E-state index contributed by atoms with van der Waals surface area (Å²) in [7, 11) is 0. The topological polar surface area (TPSA) is 43.3 Å².